The Morgan fingerprint density at radius 3 is 2.45 bits per heavy atom. The molecule has 5 unspecified atom stereocenters. The molecule has 184 valence electrons. The molecule has 5 N–H and O–H groups in total. The number of ether oxygens (including phenoxy) is 4. The van der Waals surface area contributed by atoms with E-state index >= 15 is 0 Å². The molecule has 1 saturated heterocycles. The van der Waals surface area contributed by atoms with Crippen LogP contribution in [0, 0.1) is 11.8 Å². The number of hydrogen-bond acceptors (Lipinski definition) is 11. The first-order valence-corrected chi connectivity index (χ1v) is 10.5. The molecule has 3 aliphatic rings. The Morgan fingerprint density at radius 1 is 1.09 bits per heavy atom. The van der Waals surface area contributed by atoms with Crippen LogP contribution in [0.5, 0.6) is 0 Å². The van der Waals surface area contributed by atoms with Crippen LogP contribution in [0.2, 0.25) is 0 Å². The molecule has 0 bridgehead atoms. The van der Waals surface area contributed by atoms with E-state index in [1.165, 1.54) is 13.2 Å². The maximum Gasteiger partial charge on any atom is 0.306 e. The third kappa shape index (κ3) is 5.60. The Labute approximate surface area is 189 Å². The van der Waals surface area contributed by atoms with Crippen LogP contribution in [0.4, 0.5) is 0 Å². The van der Waals surface area contributed by atoms with Crippen LogP contribution in [0.3, 0.4) is 0 Å². The molecular weight excluding hydrogens is 444 g/mol. The lowest BCUT2D eigenvalue weighted by molar-refractivity contribution is -0.339. The van der Waals surface area contributed by atoms with E-state index in [1.807, 2.05) is 0 Å². The van der Waals surface area contributed by atoms with Crippen LogP contribution in [0.15, 0.2) is 23.5 Å². The van der Waals surface area contributed by atoms with Gasteiger partial charge < -0.3 is 44.5 Å². The minimum Gasteiger partial charge on any atom is -0.481 e. The SMILES string of the molecule is CC(=O)C1=CO[C@@H](OC2OC(CO)C(O)C(O)C2O)[C@@H]2C(COC(=O)CCC(=O)O)=CC[C@H]12. The summed E-state index contributed by atoms with van der Waals surface area (Å²) in [6.45, 7) is 0.575. The summed E-state index contributed by atoms with van der Waals surface area (Å²) in [7, 11) is 0. The van der Waals surface area contributed by atoms with Gasteiger partial charge in [0.05, 0.1) is 31.6 Å². The number of esters is 1. The van der Waals surface area contributed by atoms with Crippen molar-refractivity contribution in [1.29, 1.82) is 0 Å². The number of allylic oxidation sites excluding steroid dienone is 2. The van der Waals surface area contributed by atoms with Crippen LogP contribution in [0.25, 0.3) is 0 Å². The van der Waals surface area contributed by atoms with Crippen molar-refractivity contribution in [3.05, 3.63) is 23.5 Å². The molecule has 8 atom stereocenters. The standard InChI is InChI=1S/C21H28O12/c1-9(23)12-8-31-20(33-21-19(29)18(28)17(27)13(6-22)32-21)16-10(2-3-11(12)16)7-30-15(26)5-4-14(24)25/h2,8,11,13,16-22,27-29H,3-7H2,1H3,(H,24,25)/t11-,13?,16-,17?,18?,19?,20+,21?/m1/s1. The Balaban J connectivity index is 1.74. The quantitative estimate of drug-likeness (QED) is 0.195. The third-order valence-electron chi connectivity index (χ3n) is 5.98. The van der Waals surface area contributed by atoms with Crippen molar-refractivity contribution in [3.8, 4) is 0 Å². The summed E-state index contributed by atoms with van der Waals surface area (Å²) in [6, 6.07) is 0. The fourth-order valence-corrected chi connectivity index (χ4v) is 4.19. The molecule has 0 spiro atoms. The van der Waals surface area contributed by atoms with E-state index in [-0.39, 0.29) is 31.1 Å². The lowest BCUT2D eigenvalue weighted by Gasteiger charge is -2.43. The Hall–Kier alpha value is -2.35. The number of carbonyl (C=O) groups excluding carboxylic acids is 2. The molecule has 0 aromatic carbocycles. The maximum atomic E-state index is 12.1. The van der Waals surface area contributed by atoms with Gasteiger partial charge in [-0.05, 0) is 18.9 Å². The van der Waals surface area contributed by atoms with Crippen molar-refractivity contribution in [2.75, 3.05) is 13.2 Å². The zero-order chi connectivity index (χ0) is 24.3. The number of carboxylic acid groups (broad SMARTS) is 1. The Morgan fingerprint density at radius 2 is 1.82 bits per heavy atom. The zero-order valence-corrected chi connectivity index (χ0v) is 17.9. The van der Waals surface area contributed by atoms with Crippen LogP contribution in [-0.4, -0.2) is 93.5 Å². The van der Waals surface area contributed by atoms with Gasteiger partial charge in [0, 0.05) is 11.5 Å². The molecule has 33 heavy (non-hydrogen) atoms. The minimum absolute atomic E-state index is 0.178. The van der Waals surface area contributed by atoms with Gasteiger partial charge in [0.15, 0.2) is 12.1 Å². The predicted molar refractivity (Wildman–Crippen MR) is 106 cm³/mol. The average molecular weight is 472 g/mol. The number of aliphatic carboxylic acids is 1. The van der Waals surface area contributed by atoms with Crippen molar-refractivity contribution < 1.29 is 58.9 Å². The van der Waals surface area contributed by atoms with E-state index in [1.54, 1.807) is 6.08 Å². The molecule has 2 aliphatic heterocycles. The monoisotopic (exact) mass is 472 g/mol. The fourth-order valence-electron chi connectivity index (χ4n) is 4.19. The second-order valence-electron chi connectivity index (χ2n) is 8.17. The number of ketones is 1. The Kier molecular flexibility index (Phi) is 8.21. The second kappa shape index (κ2) is 10.7. The zero-order valence-electron chi connectivity index (χ0n) is 17.9. The molecule has 1 fully saturated rings. The van der Waals surface area contributed by atoms with Gasteiger partial charge in [-0.15, -0.1) is 0 Å². The number of fused-ring (bicyclic) bond motifs is 1. The fraction of sp³-hybridized carbons (Fsp3) is 0.667. The van der Waals surface area contributed by atoms with Gasteiger partial charge in [0.2, 0.25) is 6.29 Å². The van der Waals surface area contributed by atoms with Crippen LogP contribution in [-0.2, 0) is 33.3 Å². The average Bonchev–Trinajstić information content (AvgIpc) is 3.20. The normalized spacial score (nSPS) is 35.7. The number of rotatable bonds is 9. The van der Waals surface area contributed by atoms with Gasteiger partial charge in [-0.1, -0.05) is 6.08 Å². The summed E-state index contributed by atoms with van der Waals surface area (Å²) >= 11 is 0. The summed E-state index contributed by atoms with van der Waals surface area (Å²) in [6.07, 6.45) is -5.79. The van der Waals surface area contributed by atoms with Gasteiger partial charge in [-0.3, -0.25) is 14.4 Å². The highest BCUT2D eigenvalue weighted by Gasteiger charge is 2.49. The molecule has 0 aromatic heterocycles. The lowest BCUT2D eigenvalue weighted by Crippen LogP contribution is -2.60. The lowest BCUT2D eigenvalue weighted by atomic mass is 9.82. The number of Topliss-reactive ketones (excluding diaryl/α,β-unsaturated/α-hetero) is 1. The second-order valence-corrected chi connectivity index (χ2v) is 8.17. The summed E-state index contributed by atoms with van der Waals surface area (Å²) in [5.41, 5.74) is 0.974. The van der Waals surface area contributed by atoms with E-state index in [4.69, 9.17) is 24.1 Å². The number of aliphatic hydroxyl groups is 4. The first-order chi connectivity index (χ1) is 15.6. The number of hydrogen-bond donors (Lipinski definition) is 5. The van der Waals surface area contributed by atoms with Crippen molar-refractivity contribution >= 4 is 17.7 Å². The van der Waals surface area contributed by atoms with E-state index in [0.29, 0.717) is 17.6 Å². The van der Waals surface area contributed by atoms with Gasteiger partial charge in [0.25, 0.3) is 0 Å². The highest BCUT2D eigenvalue weighted by Crippen LogP contribution is 2.44. The van der Waals surface area contributed by atoms with E-state index in [2.05, 4.69) is 0 Å². The van der Waals surface area contributed by atoms with Gasteiger partial charge >= 0.3 is 11.9 Å². The molecule has 0 aromatic rings. The van der Waals surface area contributed by atoms with Crippen molar-refractivity contribution in [2.45, 2.75) is 63.2 Å². The maximum absolute atomic E-state index is 12.1. The van der Waals surface area contributed by atoms with Gasteiger partial charge in [-0.25, -0.2) is 0 Å². The summed E-state index contributed by atoms with van der Waals surface area (Å²) in [5.74, 6) is -3.01. The van der Waals surface area contributed by atoms with Crippen molar-refractivity contribution in [1.82, 2.24) is 0 Å². The molecule has 0 saturated carbocycles. The highest BCUT2D eigenvalue weighted by molar-refractivity contribution is 5.94. The van der Waals surface area contributed by atoms with Crippen molar-refractivity contribution in [2.24, 2.45) is 11.8 Å². The predicted octanol–water partition coefficient (Wildman–Crippen LogP) is -1.40. The Bertz CT molecular complexity index is 818. The molecular formula is C21H28O12. The molecule has 0 radical (unpaired) electrons. The molecule has 1 aliphatic carbocycles. The number of carbonyl (C=O) groups is 3. The molecule has 12 nitrogen and oxygen atoms in total. The highest BCUT2D eigenvalue weighted by atomic mass is 16.8. The number of carboxylic acids is 1. The first kappa shape index (κ1) is 25.3. The molecule has 3 rings (SSSR count). The van der Waals surface area contributed by atoms with Gasteiger partial charge in [-0.2, -0.15) is 0 Å². The van der Waals surface area contributed by atoms with Crippen LogP contribution < -0.4 is 0 Å². The first-order valence-electron chi connectivity index (χ1n) is 10.5. The molecule has 2 heterocycles. The largest absolute Gasteiger partial charge is 0.481 e. The third-order valence-corrected chi connectivity index (χ3v) is 5.98. The van der Waals surface area contributed by atoms with Crippen LogP contribution >= 0.6 is 0 Å². The van der Waals surface area contributed by atoms with E-state index < -0.39 is 61.5 Å². The summed E-state index contributed by atoms with van der Waals surface area (Å²) in [5, 5.41) is 48.3. The van der Waals surface area contributed by atoms with E-state index in [9.17, 15) is 34.8 Å². The summed E-state index contributed by atoms with van der Waals surface area (Å²) in [4.78, 5) is 34.5. The number of aliphatic hydroxyl groups excluding tert-OH is 4. The van der Waals surface area contributed by atoms with E-state index in [0.717, 1.165) is 0 Å². The van der Waals surface area contributed by atoms with Crippen LogP contribution in [0.1, 0.15) is 26.2 Å². The molecule has 0 amide bonds. The van der Waals surface area contributed by atoms with Crippen molar-refractivity contribution in [3.63, 3.8) is 0 Å². The van der Waals surface area contributed by atoms with Gasteiger partial charge in [0.1, 0.15) is 31.0 Å². The smallest absolute Gasteiger partial charge is 0.306 e. The summed E-state index contributed by atoms with van der Waals surface area (Å²) < 4.78 is 21.9. The topological polar surface area (TPSA) is 189 Å². The minimum atomic E-state index is -1.65. The molecule has 12 heteroatoms.